The van der Waals surface area contributed by atoms with Crippen molar-refractivity contribution in [3.63, 3.8) is 0 Å². The summed E-state index contributed by atoms with van der Waals surface area (Å²) in [5.41, 5.74) is 1.31. The molecule has 0 saturated heterocycles. The van der Waals surface area contributed by atoms with Crippen molar-refractivity contribution in [1.82, 2.24) is 0 Å². The van der Waals surface area contributed by atoms with Gasteiger partial charge in [-0.25, -0.2) is 4.79 Å². The highest BCUT2D eigenvalue weighted by Crippen LogP contribution is 2.11. The van der Waals surface area contributed by atoms with E-state index < -0.39 is 5.92 Å². The highest BCUT2D eigenvalue weighted by atomic mass is 16.5. The first-order valence-corrected chi connectivity index (χ1v) is 5.80. The highest BCUT2D eigenvalue weighted by molar-refractivity contribution is 5.92. The van der Waals surface area contributed by atoms with Gasteiger partial charge in [0.2, 0.25) is 0 Å². The first-order chi connectivity index (χ1) is 8.58. The Morgan fingerprint density at radius 2 is 1.89 bits per heavy atom. The van der Waals surface area contributed by atoms with Crippen molar-refractivity contribution in [3.8, 4) is 0 Å². The molecule has 0 saturated carbocycles. The maximum atomic E-state index is 11.4. The van der Waals surface area contributed by atoms with Crippen LogP contribution in [0.25, 0.3) is 0 Å². The minimum Gasteiger partial charge on any atom is -0.462 e. The van der Waals surface area contributed by atoms with Crippen molar-refractivity contribution in [1.29, 1.82) is 0 Å². The Kier molecular flexibility index (Phi) is 5.24. The molecule has 1 aromatic carbocycles. The van der Waals surface area contributed by atoms with Gasteiger partial charge in [0.25, 0.3) is 0 Å². The predicted octanol–water partition coefficient (Wildman–Crippen LogP) is 1.81. The molecule has 0 N–H and O–H groups in total. The monoisotopic (exact) mass is 248 g/mol. The van der Waals surface area contributed by atoms with Crippen LogP contribution in [0.5, 0.6) is 0 Å². The Morgan fingerprint density at radius 1 is 1.28 bits per heavy atom. The molecular weight excluding hydrogens is 232 g/mol. The second-order valence-electron chi connectivity index (χ2n) is 3.97. The standard InChI is InChI=1S/C14H16O4/c1-3-18-14(17)12-6-4-11(5-7-12)8-13(9-15)10(2)16/h4-7,9,13H,3,8H2,1-2H3. The third-order valence-corrected chi connectivity index (χ3v) is 2.61. The summed E-state index contributed by atoms with van der Waals surface area (Å²) >= 11 is 0. The largest absolute Gasteiger partial charge is 0.462 e. The summed E-state index contributed by atoms with van der Waals surface area (Å²) in [4.78, 5) is 33.3. The average molecular weight is 248 g/mol. The van der Waals surface area contributed by atoms with E-state index in [2.05, 4.69) is 0 Å². The average Bonchev–Trinajstić information content (AvgIpc) is 2.36. The molecule has 0 amide bonds. The van der Waals surface area contributed by atoms with Crippen LogP contribution in [0.2, 0.25) is 0 Å². The lowest BCUT2D eigenvalue weighted by Crippen LogP contribution is -2.15. The molecule has 0 aliphatic carbocycles. The topological polar surface area (TPSA) is 60.4 Å². The van der Waals surface area contributed by atoms with Gasteiger partial charge in [0.15, 0.2) is 0 Å². The van der Waals surface area contributed by atoms with E-state index in [4.69, 9.17) is 4.74 Å². The molecule has 4 nitrogen and oxygen atoms in total. The molecule has 1 atom stereocenters. The number of hydrogen-bond acceptors (Lipinski definition) is 4. The Balaban J connectivity index is 2.73. The maximum Gasteiger partial charge on any atom is 0.338 e. The van der Waals surface area contributed by atoms with Gasteiger partial charge >= 0.3 is 5.97 Å². The van der Waals surface area contributed by atoms with Crippen molar-refractivity contribution in [3.05, 3.63) is 35.4 Å². The van der Waals surface area contributed by atoms with Crippen molar-refractivity contribution < 1.29 is 19.1 Å². The zero-order chi connectivity index (χ0) is 13.5. The molecule has 0 heterocycles. The fourth-order valence-electron chi connectivity index (χ4n) is 1.53. The van der Waals surface area contributed by atoms with Gasteiger partial charge in [-0.05, 0) is 38.0 Å². The Morgan fingerprint density at radius 3 is 2.33 bits per heavy atom. The smallest absolute Gasteiger partial charge is 0.338 e. The second-order valence-corrected chi connectivity index (χ2v) is 3.97. The molecule has 0 aromatic heterocycles. The molecule has 0 aliphatic rings. The number of ether oxygens (including phenoxy) is 1. The van der Waals surface area contributed by atoms with Gasteiger partial charge in [-0.1, -0.05) is 12.1 Å². The first kappa shape index (κ1) is 14.1. The minimum absolute atomic E-state index is 0.153. The third kappa shape index (κ3) is 3.80. The minimum atomic E-state index is -0.613. The summed E-state index contributed by atoms with van der Waals surface area (Å²) in [5.74, 6) is -1.14. The van der Waals surface area contributed by atoms with Crippen LogP contribution in [-0.2, 0) is 20.7 Å². The van der Waals surface area contributed by atoms with Crippen LogP contribution in [0.3, 0.4) is 0 Å². The van der Waals surface area contributed by atoms with Crippen molar-refractivity contribution in [2.75, 3.05) is 6.61 Å². The molecule has 4 heteroatoms. The van der Waals surface area contributed by atoms with Crippen molar-refractivity contribution in [2.45, 2.75) is 20.3 Å². The Labute approximate surface area is 106 Å². The summed E-state index contributed by atoms with van der Waals surface area (Å²) < 4.78 is 4.86. The van der Waals surface area contributed by atoms with Gasteiger partial charge in [-0.2, -0.15) is 0 Å². The molecule has 1 rings (SSSR count). The van der Waals surface area contributed by atoms with Gasteiger partial charge in [-0.15, -0.1) is 0 Å². The van der Waals surface area contributed by atoms with Gasteiger partial charge in [0.1, 0.15) is 12.1 Å². The van der Waals surface area contributed by atoms with E-state index in [1.807, 2.05) is 0 Å². The lowest BCUT2D eigenvalue weighted by molar-refractivity contribution is -0.125. The van der Waals surface area contributed by atoms with Crippen molar-refractivity contribution in [2.24, 2.45) is 5.92 Å². The molecule has 18 heavy (non-hydrogen) atoms. The summed E-state index contributed by atoms with van der Waals surface area (Å²) in [7, 11) is 0. The summed E-state index contributed by atoms with van der Waals surface area (Å²) in [6.45, 7) is 3.47. The lowest BCUT2D eigenvalue weighted by Gasteiger charge is -2.07. The SMILES string of the molecule is CCOC(=O)c1ccc(CC(C=O)C(C)=O)cc1. The van der Waals surface area contributed by atoms with Crippen LogP contribution in [0, 0.1) is 5.92 Å². The Bertz CT molecular complexity index is 434. The number of esters is 1. The van der Waals surface area contributed by atoms with E-state index in [-0.39, 0.29) is 11.8 Å². The molecule has 0 aliphatic heterocycles. The fraction of sp³-hybridized carbons (Fsp3) is 0.357. The summed E-state index contributed by atoms with van der Waals surface area (Å²) in [5, 5.41) is 0. The van der Waals surface area contributed by atoms with Gasteiger partial charge in [0, 0.05) is 0 Å². The van der Waals surface area contributed by atoms with Gasteiger partial charge in [-0.3, -0.25) is 4.79 Å². The van der Waals surface area contributed by atoms with E-state index in [0.717, 1.165) is 5.56 Å². The van der Waals surface area contributed by atoms with Crippen LogP contribution < -0.4 is 0 Å². The van der Waals surface area contributed by atoms with Crippen LogP contribution in [-0.4, -0.2) is 24.6 Å². The van der Waals surface area contributed by atoms with Crippen molar-refractivity contribution >= 4 is 18.0 Å². The number of hydrogen-bond donors (Lipinski definition) is 0. The van der Waals surface area contributed by atoms with E-state index >= 15 is 0 Å². The number of ketones is 1. The number of benzene rings is 1. The van der Waals surface area contributed by atoms with Crippen LogP contribution in [0.15, 0.2) is 24.3 Å². The summed E-state index contributed by atoms with van der Waals surface area (Å²) in [6.07, 6.45) is 1.02. The van der Waals surface area contributed by atoms with E-state index in [0.29, 0.717) is 24.9 Å². The molecule has 0 bridgehead atoms. The molecule has 1 unspecified atom stereocenters. The lowest BCUT2D eigenvalue weighted by atomic mass is 9.97. The van der Waals surface area contributed by atoms with E-state index in [1.165, 1.54) is 6.92 Å². The number of aldehydes is 1. The normalized spacial score (nSPS) is 11.7. The fourth-order valence-corrected chi connectivity index (χ4v) is 1.53. The quantitative estimate of drug-likeness (QED) is 0.437. The molecular formula is C14H16O4. The molecule has 96 valence electrons. The molecule has 0 fully saturated rings. The van der Waals surface area contributed by atoms with Crippen LogP contribution >= 0.6 is 0 Å². The molecule has 1 aromatic rings. The highest BCUT2D eigenvalue weighted by Gasteiger charge is 2.14. The van der Waals surface area contributed by atoms with Crippen LogP contribution in [0.4, 0.5) is 0 Å². The van der Waals surface area contributed by atoms with E-state index in [9.17, 15) is 14.4 Å². The second kappa shape index (κ2) is 6.69. The molecule has 0 radical (unpaired) electrons. The van der Waals surface area contributed by atoms with Crippen LogP contribution in [0.1, 0.15) is 29.8 Å². The predicted molar refractivity (Wildman–Crippen MR) is 66.3 cm³/mol. The zero-order valence-corrected chi connectivity index (χ0v) is 10.5. The first-order valence-electron chi connectivity index (χ1n) is 5.80. The number of carbonyl (C=O) groups is 3. The van der Waals surface area contributed by atoms with E-state index in [1.54, 1.807) is 31.2 Å². The van der Waals surface area contributed by atoms with Gasteiger partial charge in [0.05, 0.1) is 18.1 Å². The number of rotatable bonds is 6. The zero-order valence-electron chi connectivity index (χ0n) is 10.5. The number of Topliss-reactive ketones (excluding diaryl/α,β-unsaturated/α-hetero) is 1. The third-order valence-electron chi connectivity index (χ3n) is 2.61. The Hall–Kier alpha value is -1.97. The molecule has 0 spiro atoms. The summed E-state index contributed by atoms with van der Waals surface area (Å²) in [6, 6.07) is 6.72. The maximum absolute atomic E-state index is 11.4. The number of carbonyl (C=O) groups excluding carboxylic acids is 3. The van der Waals surface area contributed by atoms with Gasteiger partial charge < -0.3 is 9.53 Å².